The molecular formula is C19H17NO3. The van der Waals surface area contributed by atoms with E-state index in [9.17, 15) is 14.4 Å². The number of amides is 1. The number of aryl methyl sites for hydroxylation is 1. The highest BCUT2D eigenvalue weighted by Gasteiger charge is 2.40. The molecule has 2 unspecified atom stereocenters. The molecule has 0 spiro atoms. The average molecular weight is 307 g/mol. The Balaban J connectivity index is 1.82. The zero-order valence-corrected chi connectivity index (χ0v) is 12.8. The summed E-state index contributed by atoms with van der Waals surface area (Å²) >= 11 is 0. The summed E-state index contributed by atoms with van der Waals surface area (Å²) in [7, 11) is 0. The molecule has 23 heavy (non-hydrogen) atoms. The van der Waals surface area contributed by atoms with Gasteiger partial charge in [-0.3, -0.25) is 14.4 Å². The van der Waals surface area contributed by atoms with E-state index in [1.807, 2.05) is 43.3 Å². The van der Waals surface area contributed by atoms with Crippen LogP contribution in [0.1, 0.15) is 33.9 Å². The van der Waals surface area contributed by atoms with Crippen molar-refractivity contribution in [1.29, 1.82) is 0 Å². The third kappa shape index (κ3) is 3.06. The van der Waals surface area contributed by atoms with Gasteiger partial charge in [0.05, 0.1) is 6.04 Å². The molecule has 1 N–H and O–H groups in total. The molecule has 2 aromatic rings. The molecule has 0 aromatic heterocycles. The fraction of sp³-hybridized carbons (Fsp3) is 0.211. The number of Topliss-reactive ketones (excluding diaryl/α,β-unsaturated/α-hetero) is 2. The normalized spacial score (nSPS) is 20.9. The van der Waals surface area contributed by atoms with Gasteiger partial charge in [-0.25, -0.2) is 0 Å². The van der Waals surface area contributed by atoms with E-state index in [1.54, 1.807) is 18.2 Å². The van der Waals surface area contributed by atoms with Crippen LogP contribution in [0.2, 0.25) is 0 Å². The van der Waals surface area contributed by atoms with Gasteiger partial charge in [0.1, 0.15) is 0 Å². The largest absolute Gasteiger partial charge is 0.348 e. The lowest BCUT2D eigenvalue weighted by molar-refractivity contribution is -0.136. The van der Waals surface area contributed by atoms with Crippen molar-refractivity contribution in [1.82, 2.24) is 5.32 Å². The first-order chi connectivity index (χ1) is 11.1. The number of hydrogen-bond donors (Lipinski definition) is 1. The third-order valence-electron chi connectivity index (χ3n) is 4.07. The summed E-state index contributed by atoms with van der Waals surface area (Å²) in [5, 5.41) is 2.80. The number of nitrogens with one attached hydrogen (secondary N) is 1. The van der Waals surface area contributed by atoms with Crippen LogP contribution in [0.4, 0.5) is 0 Å². The first kappa shape index (κ1) is 15.2. The van der Waals surface area contributed by atoms with Crippen LogP contribution in [0.25, 0.3) is 0 Å². The summed E-state index contributed by atoms with van der Waals surface area (Å²) in [6.07, 6.45) is 0.137. The van der Waals surface area contributed by atoms with Gasteiger partial charge in [0, 0.05) is 12.0 Å². The van der Waals surface area contributed by atoms with Gasteiger partial charge in [-0.2, -0.15) is 0 Å². The minimum absolute atomic E-state index is 0.137. The minimum Gasteiger partial charge on any atom is -0.348 e. The fourth-order valence-corrected chi connectivity index (χ4v) is 2.89. The van der Waals surface area contributed by atoms with Crippen LogP contribution < -0.4 is 5.32 Å². The molecule has 4 nitrogen and oxygen atoms in total. The van der Waals surface area contributed by atoms with Crippen molar-refractivity contribution in [3.05, 3.63) is 71.3 Å². The molecule has 116 valence electrons. The van der Waals surface area contributed by atoms with E-state index in [-0.39, 0.29) is 18.2 Å². The Morgan fingerprint density at radius 1 is 1.04 bits per heavy atom. The van der Waals surface area contributed by atoms with E-state index in [0.717, 1.165) is 11.1 Å². The first-order valence-corrected chi connectivity index (χ1v) is 7.55. The third-order valence-corrected chi connectivity index (χ3v) is 4.07. The highest BCUT2D eigenvalue weighted by atomic mass is 16.2. The zero-order chi connectivity index (χ0) is 16.4. The van der Waals surface area contributed by atoms with Crippen molar-refractivity contribution in [3.63, 3.8) is 0 Å². The maximum absolute atomic E-state index is 12.5. The first-order valence-electron chi connectivity index (χ1n) is 7.55. The molecule has 0 aliphatic carbocycles. The molecule has 2 aromatic carbocycles. The summed E-state index contributed by atoms with van der Waals surface area (Å²) in [5.41, 5.74) is 2.19. The monoisotopic (exact) mass is 307 g/mol. The molecule has 1 aliphatic rings. The van der Waals surface area contributed by atoms with Gasteiger partial charge in [0.2, 0.25) is 5.91 Å². The van der Waals surface area contributed by atoms with Gasteiger partial charge >= 0.3 is 0 Å². The van der Waals surface area contributed by atoms with Gasteiger partial charge in [-0.05, 0) is 18.6 Å². The van der Waals surface area contributed by atoms with Gasteiger partial charge in [0.25, 0.3) is 0 Å². The van der Waals surface area contributed by atoms with Gasteiger partial charge in [0.15, 0.2) is 17.5 Å². The van der Waals surface area contributed by atoms with E-state index >= 15 is 0 Å². The van der Waals surface area contributed by atoms with E-state index in [0.29, 0.717) is 5.56 Å². The minimum atomic E-state index is -1.24. The number of benzene rings is 2. The lowest BCUT2D eigenvalue weighted by Gasteiger charge is -2.27. The molecule has 0 saturated carbocycles. The number of hydrogen-bond acceptors (Lipinski definition) is 3. The van der Waals surface area contributed by atoms with Crippen molar-refractivity contribution in [2.45, 2.75) is 19.4 Å². The van der Waals surface area contributed by atoms with Crippen molar-refractivity contribution < 1.29 is 14.4 Å². The molecule has 0 radical (unpaired) electrons. The van der Waals surface area contributed by atoms with Crippen LogP contribution >= 0.6 is 0 Å². The molecule has 1 saturated heterocycles. The summed E-state index contributed by atoms with van der Waals surface area (Å²) in [5.74, 6) is -2.50. The Bertz CT molecular complexity index is 749. The predicted octanol–water partition coefficient (Wildman–Crippen LogP) is 2.62. The number of ketones is 2. The maximum Gasteiger partial charge on any atom is 0.239 e. The average Bonchev–Trinajstić information content (AvgIpc) is 2.55. The van der Waals surface area contributed by atoms with Crippen molar-refractivity contribution >= 4 is 17.5 Å². The van der Waals surface area contributed by atoms with Gasteiger partial charge < -0.3 is 5.32 Å². The number of rotatable bonds is 3. The lowest BCUT2D eigenvalue weighted by Crippen LogP contribution is -2.47. The summed E-state index contributed by atoms with van der Waals surface area (Å²) in [6.45, 7) is 1.87. The molecule has 4 heteroatoms. The van der Waals surface area contributed by atoms with Crippen LogP contribution in [0.3, 0.4) is 0 Å². The highest BCUT2D eigenvalue weighted by Crippen LogP contribution is 2.26. The Labute approximate surface area is 134 Å². The molecule has 3 rings (SSSR count). The molecule has 1 fully saturated rings. The Morgan fingerprint density at radius 2 is 1.78 bits per heavy atom. The second-order valence-electron chi connectivity index (χ2n) is 5.81. The smallest absolute Gasteiger partial charge is 0.239 e. The standard InChI is InChI=1S/C19H17NO3/c1-12-6-5-9-14(10-12)18(22)17-16(21)11-15(20-19(17)23)13-7-3-2-4-8-13/h2-10,15,17H,11H2,1H3,(H,20,23). The maximum atomic E-state index is 12.5. The Hall–Kier alpha value is -2.75. The van der Waals surface area contributed by atoms with Crippen LogP contribution in [-0.2, 0) is 9.59 Å². The zero-order valence-electron chi connectivity index (χ0n) is 12.8. The van der Waals surface area contributed by atoms with Crippen LogP contribution in [0, 0.1) is 12.8 Å². The fourth-order valence-electron chi connectivity index (χ4n) is 2.89. The molecule has 1 amide bonds. The number of piperidine rings is 1. The van der Waals surface area contributed by atoms with E-state index in [1.165, 1.54) is 0 Å². The van der Waals surface area contributed by atoms with Gasteiger partial charge in [-0.15, -0.1) is 0 Å². The molecule has 0 bridgehead atoms. The van der Waals surface area contributed by atoms with Crippen molar-refractivity contribution in [2.24, 2.45) is 5.92 Å². The second kappa shape index (κ2) is 6.16. The topological polar surface area (TPSA) is 63.2 Å². The van der Waals surface area contributed by atoms with Crippen LogP contribution in [0.15, 0.2) is 54.6 Å². The van der Waals surface area contributed by atoms with Crippen molar-refractivity contribution in [2.75, 3.05) is 0 Å². The van der Waals surface area contributed by atoms with Gasteiger partial charge in [-0.1, -0.05) is 54.1 Å². The Morgan fingerprint density at radius 3 is 2.43 bits per heavy atom. The molecular weight excluding hydrogens is 290 g/mol. The number of carbonyl (C=O) groups is 3. The predicted molar refractivity (Wildman–Crippen MR) is 85.9 cm³/mol. The Kier molecular flexibility index (Phi) is 4.06. The number of carbonyl (C=O) groups excluding carboxylic acids is 3. The highest BCUT2D eigenvalue weighted by molar-refractivity contribution is 6.24. The molecule has 2 atom stereocenters. The summed E-state index contributed by atoms with van der Waals surface area (Å²) in [4.78, 5) is 37.3. The quantitative estimate of drug-likeness (QED) is 0.700. The van der Waals surface area contributed by atoms with E-state index < -0.39 is 17.6 Å². The SMILES string of the molecule is Cc1cccc(C(=O)C2C(=O)CC(c3ccccc3)NC2=O)c1. The summed E-state index contributed by atoms with van der Waals surface area (Å²) < 4.78 is 0. The van der Waals surface area contributed by atoms with E-state index in [2.05, 4.69) is 5.32 Å². The summed E-state index contributed by atoms with van der Waals surface area (Å²) in [6, 6.07) is 15.9. The second-order valence-corrected chi connectivity index (χ2v) is 5.81. The molecule has 1 aliphatic heterocycles. The molecule has 1 heterocycles. The van der Waals surface area contributed by atoms with Crippen LogP contribution in [-0.4, -0.2) is 17.5 Å². The van der Waals surface area contributed by atoms with E-state index in [4.69, 9.17) is 0 Å². The van der Waals surface area contributed by atoms with Crippen LogP contribution in [0.5, 0.6) is 0 Å². The van der Waals surface area contributed by atoms with Crippen molar-refractivity contribution in [3.8, 4) is 0 Å². The lowest BCUT2D eigenvalue weighted by atomic mass is 9.84.